The zero-order chi connectivity index (χ0) is 22.2. The van der Waals surface area contributed by atoms with Crippen molar-refractivity contribution in [2.75, 3.05) is 18.5 Å². The SMILES string of the molecule is Cc1ccc(-n2nnc3c(=O)n(CC(=O)Nc4ccc5c(c4)OCCO5)cnc32)cc1C. The highest BCUT2D eigenvalue weighted by Gasteiger charge is 2.16. The van der Waals surface area contributed by atoms with E-state index < -0.39 is 5.56 Å². The maximum atomic E-state index is 12.9. The first-order valence-electron chi connectivity index (χ1n) is 10.1. The smallest absolute Gasteiger partial charge is 0.284 e. The number of nitrogens with zero attached hydrogens (tertiary/aromatic N) is 5. The van der Waals surface area contributed by atoms with E-state index in [0.29, 0.717) is 36.0 Å². The lowest BCUT2D eigenvalue weighted by molar-refractivity contribution is -0.116. The Morgan fingerprint density at radius 1 is 1.06 bits per heavy atom. The second kappa shape index (κ2) is 7.80. The lowest BCUT2D eigenvalue weighted by Gasteiger charge is -2.19. The molecule has 1 aliphatic rings. The Bertz CT molecular complexity index is 1410. The van der Waals surface area contributed by atoms with Gasteiger partial charge in [0.25, 0.3) is 5.56 Å². The molecule has 10 nitrogen and oxygen atoms in total. The van der Waals surface area contributed by atoms with Crippen molar-refractivity contribution in [3.05, 3.63) is 64.2 Å². The van der Waals surface area contributed by atoms with E-state index in [1.165, 1.54) is 15.6 Å². The van der Waals surface area contributed by atoms with Crippen LogP contribution in [0.2, 0.25) is 0 Å². The van der Waals surface area contributed by atoms with Crippen LogP contribution in [-0.4, -0.2) is 43.7 Å². The van der Waals surface area contributed by atoms with E-state index >= 15 is 0 Å². The molecule has 0 fully saturated rings. The molecule has 32 heavy (non-hydrogen) atoms. The minimum absolute atomic E-state index is 0.0952. The maximum Gasteiger partial charge on any atom is 0.284 e. The Kier molecular flexibility index (Phi) is 4.81. The van der Waals surface area contributed by atoms with Gasteiger partial charge in [0.05, 0.1) is 5.69 Å². The van der Waals surface area contributed by atoms with Gasteiger partial charge >= 0.3 is 0 Å². The number of hydrogen-bond acceptors (Lipinski definition) is 7. The summed E-state index contributed by atoms with van der Waals surface area (Å²) in [4.78, 5) is 29.7. The number of hydrogen-bond donors (Lipinski definition) is 1. The van der Waals surface area contributed by atoms with Crippen LogP contribution in [0.5, 0.6) is 11.5 Å². The number of rotatable bonds is 4. The number of ether oxygens (including phenoxy) is 2. The van der Waals surface area contributed by atoms with Gasteiger partial charge < -0.3 is 14.8 Å². The molecule has 0 radical (unpaired) electrons. The Balaban J connectivity index is 1.38. The molecule has 162 valence electrons. The van der Waals surface area contributed by atoms with Gasteiger partial charge in [0, 0.05) is 11.8 Å². The van der Waals surface area contributed by atoms with Crippen molar-refractivity contribution >= 4 is 22.8 Å². The average Bonchev–Trinajstić information content (AvgIpc) is 3.22. The number of nitrogens with one attached hydrogen (secondary N) is 1. The third-order valence-electron chi connectivity index (χ3n) is 5.30. The van der Waals surface area contributed by atoms with Gasteiger partial charge in [-0.25, -0.2) is 4.98 Å². The summed E-state index contributed by atoms with van der Waals surface area (Å²) in [6.45, 7) is 4.75. The molecule has 2 aromatic carbocycles. The number of aryl methyl sites for hydroxylation is 2. The summed E-state index contributed by atoms with van der Waals surface area (Å²) in [5.41, 5.74) is 3.54. The van der Waals surface area contributed by atoms with Gasteiger partial charge in [-0.3, -0.25) is 14.2 Å². The summed E-state index contributed by atoms with van der Waals surface area (Å²) < 4.78 is 13.7. The maximum absolute atomic E-state index is 12.9. The average molecular weight is 432 g/mol. The molecule has 10 heteroatoms. The summed E-state index contributed by atoms with van der Waals surface area (Å²) in [5, 5.41) is 10.8. The first-order chi connectivity index (χ1) is 15.5. The molecule has 1 aliphatic heterocycles. The van der Waals surface area contributed by atoms with Crippen LogP contribution in [0.1, 0.15) is 11.1 Å². The van der Waals surface area contributed by atoms with E-state index in [1.54, 1.807) is 18.2 Å². The highest BCUT2D eigenvalue weighted by Crippen LogP contribution is 2.32. The zero-order valence-electron chi connectivity index (χ0n) is 17.5. The number of fused-ring (bicyclic) bond motifs is 2. The van der Waals surface area contributed by atoms with E-state index in [2.05, 4.69) is 20.6 Å². The van der Waals surface area contributed by atoms with Crippen LogP contribution in [0.25, 0.3) is 16.9 Å². The second-order valence-electron chi connectivity index (χ2n) is 7.53. The monoisotopic (exact) mass is 432 g/mol. The molecular weight excluding hydrogens is 412 g/mol. The van der Waals surface area contributed by atoms with Gasteiger partial charge in [0.15, 0.2) is 22.7 Å². The lowest BCUT2D eigenvalue weighted by Crippen LogP contribution is -2.28. The molecule has 5 rings (SSSR count). The molecule has 2 aromatic heterocycles. The Hall–Kier alpha value is -4.21. The second-order valence-corrected chi connectivity index (χ2v) is 7.53. The van der Waals surface area contributed by atoms with E-state index in [4.69, 9.17) is 9.47 Å². The summed E-state index contributed by atoms with van der Waals surface area (Å²) in [6.07, 6.45) is 1.33. The van der Waals surface area contributed by atoms with Gasteiger partial charge in [-0.1, -0.05) is 11.3 Å². The molecule has 0 saturated carbocycles. The summed E-state index contributed by atoms with van der Waals surface area (Å²) in [5.74, 6) is 0.815. The van der Waals surface area contributed by atoms with Crippen LogP contribution in [0.4, 0.5) is 5.69 Å². The summed E-state index contributed by atoms with van der Waals surface area (Å²) in [7, 11) is 0. The number of amides is 1. The van der Waals surface area contributed by atoms with Crippen molar-refractivity contribution in [2.45, 2.75) is 20.4 Å². The van der Waals surface area contributed by atoms with Gasteiger partial charge in [0.2, 0.25) is 5.91 Å². The fourth-order valence-electron chi connectivity index (χ4n) is 3.46. The van der Waals surface area contributed by atoms with E-state index in [1.807, 2.05) is 32.0 Å². The van der Waals surface area contributed by atoms with Crippen LogP contribution in [0.15, 0.2) is 47.5 Å². The van der Waals surface area contributed by atoms with E-state index in [0.717, 1.165) is 16.8 Å². The van der Waals surface area contributed by atoms with Gasteiger partial charge in [0.1, 0.15) is 26.1 Å². The number of aromatic nitrogens is 5. The fraction of sp³-hybridized carbons (Fsp3) is 0.227. The van der Waals surface area contributed by atoms with Crippen LogP contribution < -0.4 is 20.3 Å². The Morgan fingerprint density at radius 2 is 1.88 bits per heavy atom. The predicted octanol–water partition coefficient (Wildman–Crippen LogP) is 2.00. The van der Waals surface area contributed by atoms with Crippen molar-refractivity contribution in [1.29, 1.82) is 0 Å². The van der Waals surface area contributed by atoms with Gasteiger partial charge in [-0.05, 0) is 49.2 Å². The summed E-state index contributed by atoms with van der Waals surface area (Å²) in [6, 6.07) is 11.0. The van der Waals surface area contributed by atoms with Crippen molar-refractivity contribution < 1.29 is 14.3 Å². The summed E-state index contributed by atoms with van der Waals surface area (Å²) >= 11 is 0. The van der Waals surface area contributed by atoms with Crippen molar-refractivity contribution in [1.82, 2.24) is 24.5 Å². The fourth-order valence-corrected chi connectivity index (χ4v) is 3.46. The van der Waals surface area contributed by atoms with Crippen molar-refractivity contribution in [3.8, 4) is 17.2 Å². The number of carbonyl (C=O) groups excluding carboxylic acids is 1. The normalized spacial score (nSPS) is 12.7. The van der Waals surface area contributed by atoms with Crippen molar-refractivity contribution in [2.24, 2.45) is 0 Å². The molecule has 0 saturated heterocycles. The highest BCUT2D eigenvalue weighted by molar-refractivity contribution is 5.91. The Labute approximate surface area is 182 Å². The van der Waals surface area contributed by atoms with Crippen LogP contribution >= 0.6 is 0 Å². The molecular formula is C22H20N6O4. The molecule has 0 spiro atoms. The van der Waals surface area contributed by atoms with Crippen molar-refractivity contribution in [3.63, 3.8) is 0 Å². The number of carbonyl (C=O) groups is 1. The predicted molar refractivity (Wildman–Crippen MR) is 116 cm³/mol. The van der Waals surface area contributed by atoms with E-state index in [-0.39, 0.29) is 18.0 Å². The molecule has 0 bridgehead atoms. The van der Waals surface area contributed by atoms with Crippen LogP contribution in [0, 0.1) is 13.8 Å². The standard InChI is InChI=1S/C22H20N6O4/c1-13-3-5-16(9-14(13)2)28-21-20(25-26-28)22(30)27(12-23-21)11-19(29)24-15-4-6-17-18(10-15)32-8-7-31-17/h3-6,9-10,12H,7-8,11H2,1-2H3,(H,24,29). The molecule has 0 atom stereocenters. The highest BCUT2D eigenvalue weighted by atomic mass is 16.6. The molecule has 0 aliphatic carbocycles. The van der Waals surface area contributed by atoms with Gasteiger partial charge in [-0.15, -0.1) is 5.10 Å². The topological polar surface area (TPSA) is 113 Å². The molecule has 1 N–H and O–H groups in total. The number of anilines is 1. The van der Waals surface area contributed by atoms with Crippen LogP contribution in [0.3, 0.4) is 0 Å². The number of benzene rings is 2. The lowest BCUT2D eigenvalue weighted by atomic mass is 10.1. The molecule has 3 heterocycles. The minimum Gasteiger partial charge on any atom is -0.486 e. The molecule has 1 amide bonds. The van der Waals surface area contributed by atoms with E-state index in [9.17, 15) is 9.59 Å². The molecule has 0 unspecified atom stereocenters. The largest absolute Gasteiger partial charge is 0.486 e. The van der Waals surface area contributed by atoms with Crippen LogP contribution in [-0.2, 0) is 11.3 Å². The Morgan fingerprint density at radius 3 is 2.69 bits per heavy atom. The first kappa shape index (κ1) is 19.7. The first-order valence-corrected chi connectivity index (χ1v) is 10.1. The molecule has 4 aromatic rings. The minimum atomic E-state index is -0.442. The third-order valence-corrected chi connectivity index (χ3v) is 5.30. The van der Waals surface area contributed by atoms with Gasteiger partial charge in [-0.2, -0.15) is 4.68 Å². The zero-order valence-corrected chi connectivity index (χ0v) is 17.5. The quantitative estimate of drug-likeness (QED) is 0.525. The third kappa shape index (κ3) is 3.55.